The fourth-order valence-corrected chi connectivity index (χ4v) is 5.74. The number of aryl methyl sites for hydroxylation is 1. The van der Waals surface area contributed by atoms with Gasteiger partial charge in [-0.05, 0) is 111 Å². The van der Waals surface area contributed by atoms with Crippen LogP contribution >= 0.6 is 0 Å². The molecule has 0 radical (unpaired) electrons. The van der Waals surface area contributed by atoms with Gasteiger partial charge in [0, 0.05) is 36.3 Å². The first kappa shape index (κ1) is 28.2. The lowest BCUT2D eigenvalue weighted by atomic mass is 9.83. The number of amides is 2. The SMILES string of the molecule is O=C(Nc1cc(CN2CCCC2)cc(C(F)(F)F)c1)C1CCc2ccc(Oc3ccnc(NC(=O)C4CC4)c3)cc2C1. The molecule has 42 heavy (non-hydrogen) atoms. The molecule has 3 aromatic rings. The van der Waals surface area contributed by atoms with E-state index in [-0.39, 0.29) is 29.3 Å². The van der Waals surface area contributed by atoms with E-state index in [1.54, 1.807) is 24.4 Å². The van der Waals surface area contributed by atoms with Gasteiger partial charge in [-0.3, -0.25) is 14.5 Å². The number of ether oxygens (including phenoxy) is 1. The molecule has 1 aromatic heterocycles. The topological polar surface area (TPSA) is 83.6 Å². The summed E-state index contributed by atoms with van der Waals surface area (Å²) in [6.45, 7) is 2.16. The summed E-state index contributed by atoms with van der Waals surface area (Å²) in [5, 5.41) is 5.59. The van der Waals surface area contributed by atoms with Gasteiger partial charge in [-0.15, -0.1) is 0 Å². The molecule has 1 aliphatic heterocycles. The second-order valence-corrected chi connectivity index (χ2v) is 11.5. The number of nitrogens with zero attached hydrogens (tertiary/aromatic N) is 2. The predicted octanol–water partition coefficient (Wildman–Crippen LogP) is 6.58. The number of hydrogen-bond acceptors (Lipinski definition) is 5. The van der Waals surface area contributed by atoms with Crippen LogP contribution in [0.15, 0.2) is 54.7 Å². The van der Waals surface area contributed by atoms with Gasteiger partial charge in [0.25, 0.3) is 0 Å². The number of hydrogen-bond donors (Lipinski definition) is 2. The van der Waals surface area contributed by atoms with Gasteiger partial charge >= 0.3 is 6.18 Å². The predicted molar refractivity (Wildman–Crippen MR) is 152 cm³/mol. The Morgan fingerprint density at radius 3 is 2.40 bits per heavy atom. The van der Waals surface area contributed by atoms with E-state index in [9.17, 15) is 22.8 Å². The molecule has 10 heteroatoms. The van der Waals surface area contributed by atoms with Crippen LogP contribution in [0.25, 0.3) is 0 Å². The highest BCUT2D eigenvalue weighted by molar-refractivity contribution is 5.93. The van der Waals surface area contributed by atoms with Crippen molar-refractivity contribution < 1.29 is 27.5 Å². The number of halogens is 3. The molecule has 2 aromatic carbocycles. The maximum absolute atomic E-state index is 13.7. The van der Waals surface area contributed by atoms with Crippen molar-refractivity contribution in [3.8, 4) is 11.5 Å². The zero-order valence-electron chi connectivity index (χ0n) is 23.2. The van der Waals surface area contributed by atoms with Crippen molar-refractivity contribution in [2.45, 2.75) is 57.7 Å². The quantitative estimate of drug-likeness (QED) is 0.316. The fourth-order valence-electron chi connectivity index (χ4n) is 5.74. The number of fused-ring (bicyclic) bond motifs is 1. The van der Waals surface area contributed by atoms with Gasteiger partial charge in [0.2, 0.25) is 11.8 Å². The van der Waals surface area contributed by atoms with Crippen molar-refractivity contribution in [2.24, 2.45) is 11.8 Å². The van der Waals surface area contributed by atoms with E-state index in [4.69, 9.17) is 4.74 Å². The maximum atomic E-state index is 13.7. The monoisotopic (exact) mass is 578 g/mol. The van der Waals surface area contributed by atoms with Gasteiger partial charge in [0.15, 0.2) is 0 Å². The Balaban J connectivity index is 1.13. The van der Waals surface area contributed by atoms with Crippen LogP contribution in [0.3, 0.4) is 0 Å². The van der Waals surface area contributed by atoms with Gasteiger partial charge in [-0.2, -0.15) is 13.2 Å². The van der Waals surface area contributed by atoms with Crippen molar-refractivity contribution in [3.05, 3.63) is 77.0 Å². The number of carbonyl (C=O) groups excluding carboxylic acids is 2. The van der Waals surface area contributed by atoms with Crippen LogP contribution in [0.1, 0.15) is 54.4 Å². The lowest BCUT2D eigenvalue weighted by Crippen LogP contribution is -2.28. The smallest absolute Gasteiger partial charge is 0.416 e. The molecule has 220 valence electrons. The van der Waals surface area contributed by atoms with Crippen molar-refractivity contribution in [1.82, 2.24) is 9.88 Å². The second kappa shape index (κ2) is 11.8. The van der Waals surface area contributed by atoms with Crippen LogP contribution in [0.4, 0.5) is 24.7 Å². The third-order valence-corrected chi connectivity index (χ3v) is 8.14. The Morgan fingerprint density at radius 1 is 0.881 bits per heavy atom. The molecule has 2 aliphatic carbocycles. The van der Waals surface area contributed by atoms with E-state index in [0.29, 0.717) is 48.7 Å². The van der Waals surface area contributed by atoms with E-state index in [2.05, 4.69) is 20.5 Å². The van der Waals surface area contributed by atoms with Crippen molar-refractivity contribution in [3.63, 3.8) is 0 Å². The normalized spacial score (nSPS) is 18.8. The van der Waals surface area contributed by atoms with Crippen LogP contribution in [-0.4, -0.2) is 34.8 Å². The van der Waals surface area contributed by atoms with Crippen molar-refractivity contribution in [1.29, 1.82) is 0 Å². The number of aromatic nitrogens is 1. The lowest BCUT2D eigenvalue weighted by Gasteiger charge is -2.25. The van der Waals surface area contributed by atoms with E-state index in [1.165, 1.54) is 6.07 Å². The number of nitrogens with one attached hydrogen (secondary N) is 2. The number of benzene rings is 2. The summed E-state index contributed by atoms with van der Waals surface area (Å²) in [5.41, 5.74) is 2.05. The summed E-state index contributed by atoms with van der Waals surface area (Å²) in [7, 11) is 0. The van der Waals surface area contributed by atoms with Crippen LogP contribution in [0.2, 0.25) is 0 Å². The third-order valence-electron chi connectivity index (χ3n) is 8.14. The Labute approximate surface area is 242 Å². The zero-order valence-corrected chi connectivity index (χ0v) is 23.2. The van der Waals surface area contributed by atoms with Gasteiger partial charge in [-0.25, -0.2) is 4.98 Å². The first-order valence-electron chi connectivity index (χ1n) is 14.5. The molecule has 6 rings (SSSR count). The molecule has 2 fully saturated rings. The van der Waals surface area contributed by atoms with Crippen molar-refractivity contribution >= 4 is 23.3 Å². The average molecular weight is 579 g/mol. The minimum Gasteiger partial charge on any atom is -0.457 e. The number of carbonyl (C=O) groups is 2. The highest BCUT2D eigenvalue weighted by atomic mass is 19.4. The molecular weight excluding hydrogens is 545 g/mol. The summed E-state index contributed by atoms with van der Waals surface area (Å²) in [6.07, 6.45) is 2.69. The first-order chi connectivity index (χ1) is 20.2. The van der Waals surface area contributed by atoms with Crippen LogP contribution < -0.4 is 15.4 Å². The summed E-state index contributed by atoms with van der Waals surface area (Å²) >= 11 is 0. The molecule has 1 atom stereocenters. The number of likely N-dealkylation sites (tertiary alicyclic amines) is 1. The number of pyridine rings is 1. The Hall–Kier alpha value is -3.92. The average Bonchev–Trinajstić information content (AvgIpc) is 3.69. The summed E-state index contributed by atoms with van der Waals surface area (Å²) in [5.74, 6) is 0.897. The molecule has 1 saturated heterocycles. The van der Waals surface area contributed by atoms with Crippen molar-refractivity contribution in [2.75, 3.05) is 23.7 Å². The van der Waals surface area contributed by atoms with E-state index < -0.39 is 11.7 Å². The molecule has 3 aliphatic rings. The largest absolute Gasteiger partial charge is 0.457 e. The van der Waals surface area contributed by atoms with E-state index >= 15 is 0 Å². The number of rotatable bonds is 8. The van der Waals surface area contributed by atoms with Crippen LogP contribution in [-0.2, 0) is 35.2 Å². The molecule has 7 nitrogen and oxygen atoms in total. The Bertz CT molecular complexity index is 1480. The molecule has 1 saturated carbocycles. The van der Waals surface area contributed by atoms with Gasteiger partial charge < -0.3 is 15.4 Å². The lowest BCUT2D eigenvalue weighted by molar-refractivity contribution is -0.137. The molecule has 0 spiro atoms. The molecule has 1 unspecified atom stereocenters. The van der Waals surface area contributed by atoms with E-state index in [1.807, 2.05) is 18.2 Å². The Kier molecular flexibility index (Phi) is 7.90. The summed E-state index contributed by atoms with van der Waals surface area (Å²) in [6, 6.07) is 13.0. The van der Waals surface area contributed by atoms with Crippen LogP contribution in [0.5, 0.6) is 11.5 Å². The standard InChI is InChI=1S/C32H33F3N4O3/c33-32(34,35)25-13-20(19-39-11-1-2-12-39)14-26(17-25)37-31(41)23-6-3-21-7-8-27(16-24(21)15-23)42-28-9-10-36-29(18-28)38-30(40)22-4-5-22/h7-10,13-14,16-18,22-23H,1-6,11-12,15,19H2,(H,37,41)(H,36,38,40). The molecule has 0 bridgehead atoms. The molecule has 2 amide bonds. The second-order valence-electron chi connectivity index (χ2n) is 11.5. The first-order valence-corrected chi connectivity index (χ1v) is 14.5. The number of alkyl halides is 3. The van der Waals surface area contributed by atoms with Gasteiger partial charge in [0.05, 0.1) is 5.56 Å². The minimum atomic E-state index is -4.50. The zero-order chi connectivity index (χ0) is 29.3. The minimum absolute atomic E-state index is 0.0364. The molecule has 2 heterocycles. The Morgan fingerprint density at radius 2 is 1.64 bits per heavy atom. The summed E-state index contributed by atoms with van der Waals surface area (Å²) < 4.78 is 47.0. The maximum Gasteiger partial charge on any atom is 0.416 e. The third kappa shape index (κ3) is 6.92. The molecule has 2 N–H and O–H groups in total. The highest BCUT2D eigenvalue weighted by Crippen LogP contribution is 2.35. The van der Waals surface area contributed by atoms with Gasteiger partial charge in [0.1, 0.15) is 17.3 Å². The van der Waals surface area contributed by atoms with Crippen LogP contribution in [0, 0.1) is 11.8 Å². The van der Waals surface area contributed by atoms with E-state index in [0.717, 1.165) is 56.0 Å². The van der Waals surface area contributed by atoms with Gasteiger partial charge in [-0.1, -0.05) is 6.07 Å². The highest BCUT2D eigenvalue weighted by Gasteiger charge is 2.32. The summed E-state index contributed by atoms with van der Waals surface area (Å²) in [4.78, 5) is 31.7. The fraction of sp³-hybridized carbons (Fsp3) is 0.406. The molecular formula is C32H33F3N4O3. The number of anilines is 2.